The topological polar surface area (TPSA) is 21.3 Å². The summed E-state index contributed by atoms with van der Waals surface area (Å²) >= 11 is 4.14. The Labute approximate surface area is 104 Å². The summed E-state index contributed by atoms with van der Waals surface area (Å²) in [6.07, 6.45) is -4.28. The van der Waals surface area contributed by atoms with Crippen molar-refractivity contribution in [2.24, 2.45) is 0 Å². The Morgan fingerprint density at radius 1 is 1.24 bits per heavy atom. The van der Waals surface area contributed by atoms with Crippen molar-refractivity contribution in [1.82, 2.24) is 0 Å². The quantitative estimate of drug-likeness (QED) is 0.772. The molecule has 0 heterocycles. The van der Waals surface area contributed by atoms with E-state index in [2.05, 4.69) is 22.7 Å². The van der Waals surface area contributed by atoms with E-state index in [1.165, 1.54) is 0 Å². The molecule has 0 aliphatic carbocycles. The van der Waals surface area contributed by atoms with Gasteiger partial charge in [-0.2, -0.15) is 25.8 Å². The molecule has 6 heteroatoms. The molecule has 2 nitrogen and oxygen atoms in total. The molecule has 96 valence electrons. The van der Waals surface area contributed by atoms with E-state index in [1.54, 1.807) is 0 Å². The first kappa shape index (κ1) is 14.2. The van der Waals surface area contributed by atoms with Gasteiger partial charge in [0.25, 0.3) is 0 Å². The number of hydrogen-bond acceptors (Lipinski definition) is 3. The molecule has 0 bridgehead atoms. The van der Waals surface area contributed by atoms with Crippen LogP contribution in [0.3, 0.4) is 0 Å². The van der Waals surface area contributed by atoms with Crippen molar-refractivity contribution in [3.05, 3.63) is 30.3 Å². The first-order valence-electron chi connectivity index (χ1n) is 5.09. The summed E-state index contributed by atoms with van der Waals surface area (Å²) in [5.41, 5.74) is 0.905. The fraction of sp³-hybridized carbons (Fsp3) is 0.455. The van der Waals surface area contributed by atoms with Gasteiger partial charge in [0.1, 0.15) is 6.61 Å². The number of anilines is 1. The van der Waals surface area contributed by atoms with Gasteiger partial charge < -0.3 is 10.1 Å². The summed E-state index contributed by atoms with van der Waals surface area (Å²) in [5, 5.41) is 2.77. The summed E-state index contributed by atoms with van der Waals surface area (Å²) in [7, 11) is 0. The number of benzene rings is 1. The highest BCUT2D eigenvalue weighted by Gasteiger charge is 2.27. The fourth-order valence-corrected chi connectivity index (χ4v) is 1.36. The molecule has 0 amide bonds. The average molecular weight is 265 g/mol. The monoisotopic (exact) mass is 265 g/mol. The van der Waals surface area contributed by atoms with Crippen molar-refractivity contribution < 1.29 is 17.9 Å². The van der Waals surface area contributed by atoms with Crippen LogP contribution in [0, 0.1) is 0 Å². The molecule has 0 aliphatic heterocycles. The Bertz CT molecular complexity index is 318. The minimum Gasteiger partial charge on any atom is -0.384 e. The van der Waals surface area contributed by atoms with Gasteiger partial charge in [-0.25, -0.2) is 0 Å². The molecule has 0 fully saturated rings. The molecule has 0 saturated carbocycles. The molecule has 1 atom stereocenters. The van der Waals surface area contributed by atoms with Gasteiger partial charge in [-0.05, 0) is 12.1 Å². The van der Waals surface area contributed by atoms with E-state index >= 15 is 0 Å². The van der Waals surface area contributed by atoms with Crippen LogP contribution in [0.1, 0.15) is 0 Å². The van der Waals surface area contributed by atoms with E-state index in [0.717, 1.165) is 5.69 Å². The Balaban J connectivity index is 2.15. The third-order valence-corrected chi connectivity index (χ3v) is 2.22. The van der Waals surface area contributed by atoms with Gasteiger partial charge in [0.05, 0.1) is 6.61 Å². The number of halogens is 3. The molecule has 1 unspecified atom stereocenters. The predicted octanol–water partition coefficient (Wildman–Crippen LogP) is 2.98. The van der Waals surface area contributed by atoms with Gasteiger partial charge in [0, 0.05) is 17.5 Å². The first-order chi connectivity index (χ1) is 7.97. The summed E-state index contributed by atoms with van der Waals surface area (Å²) in [4.78, 5) is 0. The molecule has 17 heavy (non-hydrogen) atoms. The number of rotatable bonds is 6. The maximum absolute atomic E-state index is 11.8. The lowest BCUT2D eigenvalue weighted by Gasteiger charge is -2.14. The maximum atomic E-state index is 11.8. The van der Waals surface area contributed by atoms with Crippen LogP contribution in [-0.4, -0.2) is 31.2 Å². The zero-order valence-electron chi connectivity index (χ0n) is 9.07. The van der Waals surface area contributed by atoms with Crippen molar-refractivity contribution in [2.45, 2.75) is 11.4 Å². The van der Waals surface area contributed by atoms with Gasteiger partial charge >= 0.3 is 6.18 Å². The van der Waals surface area contributed by atoms with E-state index in [4.69, 9.17) is 0 Å². The van der Waals surface area contributed by atoms with Crippen molar-refractivity contribution in [1.29, 1.82) is 0 Å². The Kier molecular flexibility index (Phi) is 5.64. The highest BCUT2D eigenvalue weighted by Crippen LogP contribution is 2.15. The minimum absolute atomic E-state index is 0.0392. The number of nitrogens with one attached hydrogen (secondary N) is 1. The van der Waals surface area contributed by atoms with E-state index in [0.29, 0.717) is 6.54 Å². The van der Waals surface area contributed by atoms with Crippen molar-refractivity contribution >= 4 is 18.3 Å². The summed E-state index contributed by atoms with van der Waals surface area (Å²) in [6.45, 7) is -0.817. The predicted molar refractivity (Wildman–Crippen MR) is 64.6 cm³/mol. The second-order valence-corrected chi connectivity index (χ2v) is 4.26. The minimum atomic E-state index is -4.28. The van der Waals surface area contributed by atoms with Crippen LogP contribution in [0.25, 0.3) is 0 Å². The molecule has 0 spiro atoms. The summed E-state index contributed by atoms with van der Waals surface area (Å²) in [5.74, 6) is 0. The van der Waals surface area contributed by atoms with E-state index in [9.17, 15) is 13.2 Å². The van der Waals surface area contributed by atoms with Gasteiger partial charge in [0.15, 0.2) is 0 Å². The van der Waals surface area contributed by atoms with Crippen molar-refractivity contribution in [3.63, 3.8) is 0 Å². The molecule has 1 rings (SSSR count). The smallest absolute Gasteiger partial charge is 0.384 e. The van der Waals surface area contributed by atoms with Crippen LogP contribution in [0.2, 0.25) is 0 Å². The number of ether oxygens (including phenoxy) is 1. The summed E-state index contributed by atoms with van der Waals surface area (Å²) < 4.78 is 39.9. The van der Waals surface area contributed by atoms with Gasteiger partial charge in [-0.1, -0.05) is 18.2 Å². The SMILES string of the molecule is FC(F)(F)COCC(S)CNc1ccccc1. The van der Waals surface area contributed by atoms with E-state index in [-0.39, 0.29) is 11.9 Å². The fourth-order valence-electron chi connectivity index (χ4n) is 1.16. The van der Waals surface area contributed by atoms with Crippen LogP contribution < -0.4 is 5.32 Å². The average Bonchev–Trinajstić information content (AvgIpc) is 2.26. The first-order valence-corrected chi connectivity index (χ1v) is 5.60. The zero-order valence-corrected chi connectivity index (χ0v) is 9.97. The third-order valence-electron chi connectivity index (χ3n) is 1.89. The van der Waals surface area contributed by atoms with Crippen molar-refractivity contribution in [2.75, 3.05) is 25.1 Å². The molecule has 0 aliphatic rings. The van der Waals surface area contributed by atoms with Crippen LogP contribution in [-0.2, 0) is 4.74 Å². The maximum Gasteiger partial charge on any atom is 0.411 e. The van der Waals surface area contributed by atoms with E-state index in [1.807, 2.05) is 30.3 Å². The Morgan fingerprint density at radius 3 is 2.47 bits per heavy atom. The summed E-state index contributed by atoms with van der Waals surface area (Å²) in [6, 6.07) is 9.37. The van der Waals surface area contributed by atoms with Crippen LogP contribution in [0.4, 0.5) is 18.9 Å². The second kappa shape index (κ2) is 6.76. The molecule has 0 aromatic heterocycles. The standard InChI is InChI=1S/C11H14F3NOS/c12-11(13,14)8-16-7-10(17)6-15-9-4-2-1-3-5-9/h1-5,10,15,17H,6-8H2. The zero-order chi connectivity index (χ0) is 12.7. The van der Waals surface area contributed by atoms with Crippen LogP contribution in [0.5, 0.6) is 0 Å². The molecular formula is C11H14F3NOS. The van der Waals surface area contributed by atoms with Gasteiger partial charge in [0.2, 0.25) is 0 Å². The Hall–Kier alpha value is -0.880. The molecular weight excluding hydrogens is 251 g/mol. The lowest BCUT2D eigenvalue weighted by Crippen LogP contribution is -2.24. The second-order valence-electron chi connectivity index (χ2n) is 3.53. The van der Waals surface area contributed by atoms with Crippen molar-refractivity contribution in [3.8, 4) is 0 Å². The number of para-hydroxylation sites is 1. The molecule has 0 saturated heterocycles. The molecule has 1 N–H and O–H groups in total. The number of hydrogen-bond donors (Lipinski definition) is 2. The highest BCUT2D eigenvalue weighted by atomic mass is 32.1. The molecule has 1 aromatic rings. The Morgan fingerprint density at radius 2 is 1.88 bits per heavy atom. The van der Waals surface area contributed by atoms with Gasteiger partial charge in [-0.15, -0.1) is 0 Å². The third kappa shape index (κ3) is 7.12. The largest absolute Gasteiger partial charge is 0.411 e. The normalized spacial score (nSPS) is 13.4. The van der Waals surface area contributed by atoms with E-state index < -0.39 is 12.8 Å². The van der Waals surface area contributed by atoms with Crippen LogP contribution in [0.15, 0.2) is 30.3 Å². The molecule has 1 aromatic carbocycles. The molecule has 0 radical (unpaired) electrons. The highest BCUT2D eigenvalue weighted by molar-refractivity contribution is 7.81. The van der Waals surface area contributed by atoms with Crippen LogP contribution >= 0.6 is 12.6 Å². The lowest BCUT2D eigenvalue weighted by molar-refractivity contribution is -0.173. The number of alkyl halides is 3. The lowest BCUT2D eigenvalue weighted by atomic mass is 10.3. The van der Waals surface area contributed by atoms with Gasteiger partial charge in [-0.3, -0.25) is 0 Å². The number of thiol groups is 1.